The maximum absolute atomic E-state index is 9.93. The molecule has 0 amide bonds. The smallest absolute Gasteiger partial charge is 0.0432 e. The van der Waals surface area contributed by atoms with E-state index in [0.29, 0.717) is 6.42 Å². The van der Waals surface area contributed by atoms with Gasteiger partial charge in [-0.3, -0.25) is 0 Å². The van der Waals surface area contributed by atoms with Crippen LogP contribution in [0.4, 0.5) is 0 Å². The van der Waals surface area contributed by atoms with E-state index in [2.05, 4.69) is 6.58 Å². The molecule has 0 aliphatic rings. The van der Waals surface area contributed by atoms with Crippen LogP contribution in [0.15, 0.2) is 12.3 Å². The van der Waals surface area contributed by atoms with Crippen molar-refractivity contribution in [2.45, 2.75) is 19.8 Å². The molecule has 0 fully saturated rings. The normalized spacial score (nSPS) is 8.17. The molecule has 0 unspecified atom stereocenters. The highest BCUT2D eigenvalue weighted by Gasteiger charge is 1.69. The minimum absolute atomic E-state index is 0.0394. The van der Waals surface area contributed by atoms with Crippen molar-refractivity contribution in [2.75, 3.05) is 0 Å². The standard InChI is InChI=1S/C5H10O/c1-3-4-5(2)6/h6H,2-4H2,1H3/p-1. The molecule has 36 valence electrons. The monoisotopic (exact) mass is 85.1 g/mol. The summed E-state index contributed by atoms with van der Waals surface area (Å²) in [5, 5.41) is 9.93. The van der Waals surface area contributed by atoms with E-state index in [4.69, 9.17) is 0 Å². The Morgan fingerprint density at radius 3 is 2.33 bits per heavy atom. The lowest BCUT2D eigenvalue weighted by Crippen LogP contribution is -1.99. The van der Waals surface area contributed by atoms with Gasteiger partial charge >= 0.3 is 0 Å². The van der Waals surface area contributed by atoms with Gasteiger partial charge in [-0.25, -0.2) is 0 Å². The maximum atomic E-state index is 9.93. The van der Waals surface area contributed by atoms with Crippen molar-refractivity contribution in [2.24, 2.45) is 0 Å². The maximum Gasteiger partial charge on any atom is -0.0432 e. The molecule has 0 atom stereocenters. The van der Waals surface area contributed by atoms with Gasteiger partial charge in [0.1, 0.15) is 0 Å². The van der Waals surface area contributed by atoms with E-state index >= 15 is 0 Å². The van der Waals surface area contributed by atoms with Crippen LogP contribution < -0.4 is 5.11 Å². The lowest BCUT2D eigenvalue weighted by molar-refractivity contribution is -0.305. The molecule has 0 saturated carbocycles. The molecule has 0 aromatic rings. The van der Waals surface area contributed by atoms with E-state index in [1.807, 2.05) is 6.92 Å². The summed E-state index contributed by atoms with van der Waals surface area (Å²) in [7, 11) is 0. The second-order valence-corrected chi connectivity index (χ2v) is 1.29. The zero-order valence-electron chi connectivity index (χ0n) is 4.03. The number of rotatable bonds is 2. The Morgan fingerprint density at radius 2 is 2.33 bits per heavy atom. The predicted molar refractivity (Wildman–Crippen MR) is 24.0 cm³/mol. The molecule has 0 N–H and O–H groups in total. The Balaban J connectivity index is 2.83. The first-order valence-electron chi connectivity index (χ1n) is 2.12. The number of hydrogen-bond acceptors (Lipinski definition) is 1. The van der Waals surface area contributed by atoms with Crippen molar-refractivity contribution in [3.63, 3.8) is 0 Å². The summed E-state index contributed by atoms with van der Waals surface area (Å²) < 4.78 is 0. The minimum atomic E-state index is 0.0394. The number of hydrogen-bond donors (Lipinski definition) is 0. The summed E-state index contributed by atoms with van der Waals surface area (Å²) in [6, 6.07) is 0. The van der Waals surface area contributed by atoms with Crippen LogP contribution in [0.25, 0.3) is 0 Å². The summed E-state index contributed by atoms with van der Waals surface area (Å²) >= 11 is 0. The van der Waals surface area contributed by atoms with Crippen molar-refractivity contribution >= 4 is 0 Å². The van der Waals surface area contributed by atoms with Crippen LogP contribution in [-0.2, 0) is 0 Å². The SMILES string of the molecule is C=C([O-])CCC. The molecule has 6 heavy (non-hydrogen) atoms. The third-order valence-electron chi connectivity index (χ3n) is 0.529. The average molecular weight is 85.1 g/mol. The van der Waals surface area contributed by atoms with Crippen LogP contribution in [0, 0.1) is 0 Å². The van der Waals surface area contributed by atoms with Crippen LogP contribution in [0.2, 0.25) is 0 Å². The first kappa shape index (κ1) is 5.54. The van der Waals surface area contributed by atoms with Gasteiger partial charge in [0.05, 0.1) is 0 Å². The highest BCUT2D eigenvalue weighted by Crippen LogP contribution is 1.89. The molecule has 0 aromatic heterocycles. The molecule has 0 bridgehead atoms. The molecule has 1 heteroatoms. The van der Waals surface area contributed by atoms with Crippen LogP contribution >= 0.6 is 0 Å². The third-order valence-corrected chi connectivity index (χ3v) is 0.529. The molecular formula is C5H9O-. The molecule has 0 aliphatic heterocycles. The third kappa shape index (κ3) is 3.54. The predicted octanol–water partition coefficient (Wildman–Crippen LogP) is 0.660. The van der Waals surface area contributed by atoms with Gasteiger partial charge in [0.2, 0.25) is 0 Å². The van der Waals surface area contributed by atoms with Crippen molar-refractivity contribution in [3.05, 3.63) is 12.3 Å². The molecular weight excluding hydrogens is 76.1 g/mol. The largest absolute Gasteiger partial charge is 0.876 e. The van der Waals surface area contributed by atoms with Crippen molar-refractivity contribution in [1.29, 1.82) is 0 Å². The summed E-state index contributed by atoms with van der Waals surface area (Å²) in [6.07, 6.45) is 1.54. The van der Waals surface area contributed by atoms with Crippen molar-refractivity contribution in [3.8, 4) is 0 Å². The van der Waals surface area contributed by atoms with Gasteiger partial charge in [-0.1, -0.05) is 13.3 Å². The Hall–Kier alpha value is -0.460. The highest BCUT2D eigenvalue weighted by atomic mass is 16.3. The second kappa shape index (κ2) is 2.76. The first-order chi connectivity index (χ1) is 2.77. The van der Waals surface area contributed by atoms with Gasteiger partial charge in [0.15, 0.2) is 0 Å². The lowest BCUT2D eigenvalue weighted by atomic mass is 10.3. The zero-order valence-corrected chi connectivity index (χ0v) is 4.03. The fraction of sp³-hybridized carbons (Fsp3) is 0.600. The summed E-state index contributed by atoms with van der Waals surface area (Å²) in [5.74, 6) is 0.0394. The molecule has 0 rings (SSSR count). The Kier molecular flexibility index (Phi) is 2.55. The van der Waals surface area contributed by atoms with E-state index < -0.39 is 0 Å². The quantitative estimate of drug-likeness (QED) is 0.452. The fourth-order valence-corrected chi connectivity index (χ4v) is 0.279. The van der Waals surface area contributed by atoms with Gasteiger partial charge in [0, 0.05) is 0 Å². The fourth-order valence-electron chi connectivity index (χ4n) is 0.279. The van der Waals surface area contributed by atoms with Gasteiger partial charge in [-0.2, -0.15) is 0 Å². The number of allylic oxidation sites excluding steroid dienone is 1. The molecule has 0 aromatic carbocycles. The molecule has 0 spiro atoms. The van der Waals surface area contributed by atoms with E-state index in [-0.39, 0.29) is 5.76 Å². The van der Waals surface area contributed by atoms with Gasteiger partial charge < -0.3 is 5.11 Å². The van der Waals surface area contributed by atoms with Crippen LogP contribution in [0.1, 0.15) is 19.8 Å². The van der Waals surface area contributed by atoms with Crippen molar-refractivity contribution in [1.82, 2.24) is 0 Å². The van der Waals surface area contributed by atoms with Crippen LogP contribution in [-0.4, -0.2) is 0 Å². The van der Waals surface area contributed by atoms with E-state index in [1.165, 1.54) is 0 Å². The Morgan fingerprint density at radius 1 is 1.83 bits per heavy atom. The first-order valence-corrected chi connectivity index (χ1v) is 2.12. The minimum Gasteiger partial charge on any atom is -0.876 e. The van der Waals surface area contributed by atoms with E-state index in [0.717, 1.165) is 6.42 Å². The van der Waals surface area contributed by atoms with E-state index in [9.17, 15) is 5.11 Å². The van der Waals surface area contributed by atoms with Crippen molar-refractivity contribution < 1.29 is 5.11 Å². The second-order valence-electron chi connectivity index (χ2n) is 1.29. The molecule has 0 heterocycles. The van der Waals surface area contributed by atoms with Gasteiger partial charge in [-0.05, 0) is 6.42 Å². The molecule has 0 saturated heterocycles. The van der Waals surface area contributed by atoms with E-state index in [1.54, 1.807) is 0 Å². The summed E-state index contributed by atoms with van der Waals surface area (Å²) in [6.45, 7) is 5.15. The Labute approximate surface area is 38.3 Å². The van der Waals surface area contributed by atoms with Gasteiger partial charge in [-0.15, -0.1) is 12.3 Å². The Bertz CT molecular complexity index is 47.9. The zero-order chi connectivity index (χ0) is 4.99. The molecule has 0 radical (unpaired) electrons. The van der Waals surface area contributed by atoms with Gasteiger partial charge in [0.25, 0.3) is 0 Å². The van der Waals surface area contributed by atoms with Crippen LogP contribution in [0.3, 0.4) is 0 Å². The molecule has 0 aliphatic carbocycles. The highest BCUT2D eigenvalue weighted by molar-refractivity contribution is 4.73. The molecule has 1 nitrogen and oxygen atoms in total. The summed E-state index contributed by atoms with van der Waals surface area (Å²) in [5.41, 5.74) is 0. The topological polar surface area (TPSA) is 23.1 Å². The van der Waals surface area contributed by atoms with Crippen LogP contribution in [0.5, 0.6) is 0 Å². The summed E-state index contributed by atoms with van der Waals surface area (Å²) in [4.78, 5) is 0. The average Bonchev–Trinajstić information content (AvgIpc) is 1.35. The lowest BCUT2D eigenvalue weighted by Gasteiger charge is -2.03.